The van der Waals surface area contributed by atoms with Gasteiger partial charge in [-0.25, -0.2) is 13.2 Å². The standard InChI is InChI=1S/C14H12F3N3O/c1-19-14(21)7-2-3-11(18)12(4-7)20-8-5-9(15)13(17)10(16)6-8/h2-6,20H,18H2,1H3,(H,19,21). The Morgan fingerprint density at radius 2 is 1.71 bits per heavy atom. The van der Waals surface area contributed by atoms with E-state index >= 15 is 0 Å². The number of anilines is 3. The zero-order valence-electron chi connectivity index (χ0n) is 11.0. The number of halogens is 3. The van der Waals surface area contributed by atoms with Crippen molar-refractivity contribution in [3.05, 3.63) is 53.3 Å². The van der Waals surface area contributed by atoms with Gasteiger partial charge in [0.15, 0.2) is 17.5 Å². The molecule has 0 saturated heterocycles. The van der Waals surface area contributed by atoms with Crippen LogP contribution in [0.1, 0.15) is 10.4 Å². The van der Waals surface area contributed by atoms with Gasteiger partial charge >= 0.3 is 0 Å². The number of carbonyl (C=O) groups is 1. The molecule has 0 heterocycles. The average molecular weight is 295 g/mol. The zero-order chi connectivity index (χ0) is 15.6. The van der Waals surface area contributed by atoms with Crippen LogP contribution in [-0.4, -0.2) is 13.0 Å². The molecule has 110 valence electrons. The fourth-order valence-corrected chi connectivity index (χ4v) is 1.73. The molecular weight excluding hydrogens is 283 g/mol. The van der Waals surface area contributed by atoms with Gasteiger partial charge in [-0.3, -0.25) is 4.79 Å². The summed E-state index contributed by atoms with van der Waals surface area (Å²) in [6.45, 7) is 0. The van der Waals surface area contributed by atoms with Crippen LogP contribution in [-0.2, 0) is 0 Å². The average Bonchev–Trinajstić information content (AvgIpc) is 2.46. The summed E-state index contributed by atoms with van der Waals surface area (Å²) < 4.78 is 39.2. The molecule has 0 spiro atoms. The van der Waals surface area contributed by atoms with E-state index in [1.165, 1.54) is 25.2 Å². The Hall–Kier alpha value is -2.70. The van der Waals surface area contributed by atoms with Gasteiger partial charge in [-0.1, -0.05) is 0 Å². The monoisotopic (exact) mass is 295 g/mol. The summed E-state index contributed by atoms with van der Waals surface area (Å²) in [5.41, 5.74) is 6.58. The van der Waals surface area contributed by atoms with Gasteiger partial charge in [0.05, 0.1) is 11.4 Å². The number of rotatable bonds is 3. The molecule has 0 atom stereocenters. The van der Waals surface area contributed by atoms with Gasteiger partial charge < -0.3 is 16.4 Å². The molecule has 7 heteroatoms. The topological polar surface area (TPSA) is 67.2 Å². The van der Waals surface area contributed by atoms with Gasteiger partial charge in [-0.05, 0) is 18.2 Å². The smallest absolute Gasteiger partial charge is 0.251 e. The highest BCUT2D eigenvalue weighted by Crippen LogP contribution is 2.26. The molecule has 0 aliphatic heterocycles. The molecule has 0 bridgehead atoms. The lowest BCUT2D eigenvalue weighted by atomic mass is 10.1. The summed E-state index contributed by atoms with van der Waals surface area (Å²) >= 11 is 0. The van der Waals surface area contributed by atoms with Crippen LogP contribution in [0.15, 0.2) is 30.3 Å². The van der Waals surface area contributed by atoms with Crippen LogP contribution in [0.2, 0.25) is 0 Å². The van der Waals surface area contributed by atoms with Crippen LogP contribution in [0.5, 0.6) is 0 Å². The van der Waals surface area contributed by atoms with E-state index in [-0.39, 0.29) is 23.0 Å². The predicted octanol–water partition coefficient (Wildman–Crippen LogP) is 2.79. The Bertz CT molecular complexity index is 681. The van der Waals surface area contributed by atoms with Crippen LogP contribution in [0, 0.1) is 17.5 Å². The van der Waals surface area contributed by atoms with Gasteiger partial charge in [0, 0.05) is 30.4 Å². The number of hydrogen-bond acceptors (Lipinski definition) is 3. The third kappa shape index (κ3) is 3.07. The highest BCUT2D eigenvalue weighted by atomic mass is 19.2. The number of amides is 1. The summed E-state index contributed by atoms with van der Waals surface area (Å²) in [7, 11) is 1.47. The van der Waals surface area contributed by atoms with E-state index in [2.05, 4.69) is 10.6 Å². The van der Waals surface area contributed by atoms with Crippen molar-refractivity contribution in [2.24, 2.45) is 0 Å². The second-order valence-corrected chi connectivity index (χ2v) is 4.26. The molecule has 0 aliphatic rings. The van der Waals surface area contributed by atoms with E-state index in [1.54, 1.807) is 0 Å². The van der Waals surface area contributed by atoms with Crippen molar-refractivity contribution in [1.82, 2.24) is 5.32 Å². The van der Waals surface area contributed by atoms with Gasteiger partial charge in [-0.15, -0.1) is 0 Å². The molecule has 1 amide bonds. The minimum Gasteiger partial charge on any atom is -0.397 e. The van der Waals surface area contributed by atoms with E-state index in [4.69, 9.17) is 5.73 Å². The van der Waals surface area contributed by atoms with Crippen molar-refractivity contribution in [3.8, 4) is 0 Å². The summed E-state index contributed by atoms with van der Waals surface area (Å²) in [6.07, 6.45) is 0. The summed E-state index contributed by atoms with van der Waals surface area (Å²) in [5, 5.41) is 5.09. The molecule has 0 unspecified atom stereocenters. The van der Waals surface area contributed by atoms with Crippen molar-refractivity contribution < 1.29 is 18.0 Å². The number of benzene rings is 2. The molecule has 4 N–H and O–H groups in total. The molecule has 0 aromatic heterocycles. The largest absolute Gasteiger partial charge is 0.397 e. The van der Waals surface area contributed by atoms with E-state index in [1.807, 2.05) is 0 Å². The normalized spacial score (nSPS) is 10.3. The third-order valence-electron chi connectivity index (χ3n) is 2.81. The van der Waals surface area contributed by atoms with E-state index in [9.17, 15) is 18.0 Å². The van der Waals surface area contributed by atoms with Crippen LogP contribution < -0.4 is 16.4 Å². The summed E-state index contributed by atoms with van der Waals surface area (Å²) in [6, 6.07) is 6.00. The quantitative estimate of drug-likeness (QED) is 0.602. The van der Waals surface area contributed by atoms with E-state index < -0.39 is 17.5 Å². The first-order valence-electron chi connectivity index (χ1n) is 5.95. The van der Waals surface area contributed by atoms with Gasteiger partial charge in [0.2, 0.25) is 0 Å². The van der Waals surface area contributed by atoms with Gasteiger partial charge in [0.25, 0.3) is 5.91 Å². The first-order valence-corrected chi connectivity index (χ1v) is 5.95. The number of nitrogens with one attached hydrogen (secondary N) is 2. The number of carbonyl (C=O) groups excluding carboxylic acids is 1. The number of nitrogens with two attached hydrogens (primary N) is 1. The first-order chi connectivity index (χ1) is 9.92. The van der Waals surface area contributed by atoms with Crippen LogP contribution in [0.3, 0.4) is 0 Å². The van der Waals surface area contributed by atoms with Crippen LogP contribution in [0.4, 0.5) is 30.2 Å². The van der Waals surface area contributed by atoms with Crippen LogP contribution in [0.25, 0.3) is 0 Å². The van der Waals surface area contributed by atoms with Crippen molar-refractivity contribution >= 4 is 23.0 Å². The number of nitrogen functional groups attached to an aromatic ring is 1. The van der Waals surface area contributed by atoms with Crippen LogP contribution >= 0.6 is 0 Å². The fourth-order valence-electron chi connectivity index (χ4n) is 1.73. The lowest BCUT2D eigenvalue weighted by Crippen LogP contribution is -2.18. The lowest BCUT2D eigenvalue weighted by Gasteiger charge is -2.11. The van der Waals surface area contributed by atoms with Gasteiger partial charge in [0.1, 0.15) is 0 Å². The molecule has 0 radical (unpaired) electrons. The van der Waals surface area contributed by atoms with Crippen molar-refractivity contribution in [3.63, 3.8) is 0 Å². The molecule has 2 rings (SSSR count). The Balaban J connectivity index is 2.37. The molecule has 0 aliphatic carbocycles. The highest BCUT2D eigenvalue weighted by Gasteiger charge is 2.12. The Morgan fingerprint density at radius 1 is 1.10 bits per heavy atom. The number of hydrogen-bond donors (Lipinski definition) is 3. The second kappa shape index (κ2) is 5.74. The maximum absolute atomic E-state index is 13.2. The minimum atomic E-state index is -1.55. The summed E-state index contributed by atoms with van der Waals surface area (Å²) in [4.78, 5) is 11.5. The molecule has 0 saturated carbocycles. The van der Waals surface area contributed by atoms with Crippen molar-refractivity contribution in [2.45, 2.75) is 0 Å². The predicted molar refractivity (Wildman–Crippen MR) is 73.8 cm³/mol. The second-order valence-electron chi connectivity index (χ2n) is 4.26. The maximum atomic E-state index is 13.2. The molecule has 4 nitrogen and oxygen atoms in total. The molecule has 0 fully saturated rings. The maximum Gasteiger partial charge on any atom is 0.251 e. The zero-order valence-corrected chi connectivity index (χ0v) is 11.0. The fraction of sp³-hybridized carbons (Fsp3) is 0.0714. The van der Waals surface area contributed by atoms with E-state index in [0.29, 0.717) is 5.56 Å². The molecule has 21 heavy (non-hydrogen) atoms. The first kappa shape index (κ1) is 14.7. The SMILES string of the molecule is CNC(=O)c1ccc(N)c(Nc2cc(F)c(F)c(F)c2)c1. The lowest BCUT2D eigenvalue weighted by molar-refractivity contribution is 0.0963. The Morgan fingerprint density at radius 3 is 2.29 bits per heavy atom. The van der Waals surface area contributed by atoms with Gasteiger partial charge in [-0.2, -0.15) is 0 Å². The minimum absolute atomic E-state index is 0.0212. The third-order valence-corrected chi connectivity index (χ3v) is 2.81. The Kier molecular flexibility index (Phi) is 4.02. The molecular formula is C14H12F3N3O. The van der Waals surface area contributed by atoms with Crippen molar-refractivity contribution in [1.29, 1.82) is 0 Å². The molecule has 2 aromatic carbocycles. The summed E-state index contributed by atoms with van der Waals surface area (Å²) in [5.74, 6) is -4.53. The Labute approximate surface area is 118 Å². The van der Waals surface area contributed by atoms with E-state index in [0.717, 1.165) is 12.1 Å². The molecule has 2 aromatic rings. The highest BCUT2D eigenvalue weighted by molar-refractivity contribution is 5.96. The van der Waals surface area contributed by atoms with Crippen molar-refractivity contribution in [2.75, 3.05) is 18.1 Å².